The third kappa shape index (κ3) is 8.73. The largest absolute Gasteiger partial charge is 0.492 e. The minimum absolute atomic E-state index is 0.206. The molecule has 8 heteroatoms. The van der Waals surface area contributed by atoms with Gasteiger partial charge in [-0.3, -0.25) is 4.79 Å². The van der Waals surface area contributed by atoms with E-state index in [-0.39, 0.29) is 17.4 Å². The molecule has 29 heavy (non-hydrogen) atoms. The zero-order valence-electron chi connectivity index (χ0n) is 16.0. The molecule has 0 spiro atoms. The molecule has 154 valence electrons. The topological polar surface area (TPSA) is 59.6 Å². The summed E-state index contributed by atoms with van der Waals surface area (Å²) in [6, 6.07) is 12.3. The molecule has 0 saturated heterocycles. The normalized spacial score (nSPS) is 10.2. The highest BCUT2D eigenvalue weighted by atomic mass is 35.5. The molecule has 0 aromatic heterocycles. The summed E-state index contributed by atoms with van der Waals surface area (Å²) in [6.45, 7) is 6.47. The van der Waals surface area contributed by atoms with Crippen LogP contribution < -0.4 is 20.1 Å². The van der Waals surface area contributed by atoms with Gasteiger partial charge < -0.3 is 20.1 Å². The number of amides is 1. The lowest BCUT2D eigenvalue weighted by molar-refractivity contribution is -0.119. The van der Waals surface area contributed by atoms with E-state index in [0.717, 1.165) is 11.3 Å². The van der Waals surface area contributed by atoms with Gasteiger partial charge in [0.15, 0.2) is 5.11 Å². The standard InChI is InChI=1S/C21H22Cl2N2O3S/c1-14(2)13-28-17-6-3-5-16(12-17)24-21(29)25-20(26)7-4-10-27-19-9-8-15(22)11-18(19)23/h3,5-6,8-9,11-12H,1,4,7,10,13H2,2H3,(H2,24,25,26,29). The summed E-state index contributed by atoms with van der Waals surface area (Å²) in [4.78, 5) is 12.0. The maximum absolute atomic E-state index is 12.0. The highest BCUT2D eigenvalue weighted by molar-refractivity contribution is 7.80. The van der Waals surface area contributed by atoms with Crippen molar-refractivity contribution in [1.82, 2.24) is 5.32 Å². The second-order valence-corrected chi connectivity index (χ2v) is 7.55. The van der Waals surface area contributed by atoms with Crippen LogP contribution in [-0.2, 0) is 4.79 Å². The van der Waals surface area contributed by atoms with Gasteiger partial charge in [-0.25, -0.2) is 0 Å². The molecule has 2 aromatic carbocycles. The zero-order chi connectivity index (χ0) is 21.2. The third-order valence-electron chi connectivity index (χ3n) is 3.53. The Balaban J connectivity index is 1.71. The number of carbonyl (C=O) groups is 1. The highest BCUT2D eigenvalue weighted by Crippen LogP contribution is 2.27. The lowest BCUT2D eigenvalue weighted by atomic mass is 10.3. The van der Waals surface area contributed by atoms with E-state index in [2.05, 4.69) is 17.2 Å². The summed E-state index contributed by atoms with van der Waals surface area (Å²) in [7, 11) is 0. The number of carbonyl (C=O) groups excluding carboxylic acids is 1. The number of hydrogen-bond donors (Lipinski definition) is 2. The van der Waals surface area contributed by atoms with E-state index in [1.807, 2.05) is 25.1 Å². The number of halogens is 2. The van der Waals surface area contributed by atoms with E-state index >= 15 is 0 Å². The van der Waals surface area contributed by atoms with Gasteiger partial charge in [0.25, 0.3) is 0 Å². The monoisotopic (exact) mass is 452 g/mol. The SMILES string of the molecule is C=C(C)COc1cccc(NC(=S)NC(=O)CCCOc2ccc(Cl)cc2Cl)c1. The first-order chi connectivity index (χ1) is 13.8. The molecule has 0 atom stereocenters. The Kier molecular flexibility index (Phi) is 9.25. The first-order valence-corrected chi connectivity index (χ1v) is 10.1. The average molecular weight is 453 g/mol. The Morgan fingerprint density at radius 2 is 1.97 bits per heavy atom. The smallest absolute Gasteiger partial charge is 0.226 e. The van der Waals surface area contributed by atoms with Crippen LogP contribution >= 0.6 is 35.4 Å². The molecule has 5 nitrogen and oxygen atoms in total. The lowest BCUT2D eigenvalue weighted by Crippen LogP contribution is -2.34. The summed E-state index contributed by atoms with van der Waals surface area (Å²) in [5.74, 6) is 1.01. The molecule has 0 aliphatic rings. The second kappa shape index (κ2) is 11.7. The van der Waals surface area contributed by atoms with Gasteiger partial charge in [0.1, 0.15) is 18.1 Å². The van der Waals surface area contributed by atoms with Gasteiger partial charge in [0, 0.05) is 23.2 Å². The van der Waals surface area contributed by atoms with Crippen molar-refractivity contribution in [2.45, 2.75) is 19.8 Å². The van der Waals surface area contributed by atoms with Crippen molar-refractivity contribution in [2.75, 3.05) is 18.5 Å². The van der Waals surface area contributed by atoms with Crippen molar-refractivity contribution in [3.63, 3.8) is 0 Å². The number of benzene rings is 2. The number of anilines is 1. The summed E-state index contributed by atoms with van der Waals surface area (Å²) in [6.07, 6.45) is 0.770. The van der Waals surface area contributed by atoms with Crippen molar-refractivity contribution >= 4 is 52.1 Å². The molecule has 0 aliphatic heterocycles. The maximum atomic E-state index is 12.0. The molecular weight excluding hydrogens is 431 g/mol. The molecule has 1 amide bonds. The fraction of sp³-hybridized carbons (Fsp3) is 0.238. The predicted octanol–water partition coefficient (Wildman–Crippen LogP) is 5.62. The van der Waals surface area contributed by atoms with Gasteiger partial charge >= 0.3 is 0 Å². The first kappa shape index (κ1) is 23.0. The van der Waals surface area contributed by atoms with E-state index < -0.39 is 0 Å². The third-order valence-corrected chi connectivity index (χ3v) is 4.26. The zero-order valence-corrected chi connectivity index (χ0v) is 18.3. The molecule has 0 bridgehead atoms. The number of hydrogen-bond acceptors (Lipinski definition) is 4. The van der Waals surface area contributed by atoms with Gasteiger partial charge in [-0.05, 0) is 61.5 Å². The minimum Gasteiger partial charge on any atom is -0.492 e. The minimum atomic E-state index is -0.206. The van der Waals surface area contributed by atoms with Crippen LogP contribution in [0.1, 0.15) is 19.8 Å². The van der Waals surface area contributed by atoms with Crippen LogP contribution in [0, 0.1) is 0 Å². The summed E-state index contributed by atoms with van der Waals surface area (Å²) in [5.41, 5.74) is 1.64. The van der Waals surface area contributed by atoms with Gasteiger partial charge in [0.2, 0.25) is 5.91 Å². The van der Waals surface area contributed by atoms with Gasteiger partial charge in [-0.2, -0.15) is 0 Å². The molecule has 0 unspecified atom stereocenters. The molecule has 0 fully saturated rings. The molecule has 0 saturated carbocycles. The van der Waals surface area contributed by atoms with Crippen LogP contribution in [0.15, 0.2) is 54.6 Å². The fourth-order valence-corrected chi connectivity index (χ4v) is 2.92. The Morgan fingerprint density at radius 1 is 1.17 bits per heavy atom. The molecule has 2 aromatic rings. The van der Waals surface area contributed by atoms with E-state index in [1.54, 1.807) is 24.3 Å². The van der Waals surface area contributed by atoms with Crippen molar-refractivity contribution in [2.24, 2.45) is 0 Å². The van der Waals surface area contributed by atoms with Crippen LogP contribution in [0.3, 0.4) is 0 Å². The van der Waals surface area contributed by atoms with Crippen LogP contribution in [0.5, 0.6) is 11.5 Å². The molecule has 0 aliphatic carbocycles. The van der Waals surface area contributed by atoms with Crippen molar-refractivity contribution in [3.8, 4) is 11.5 Å². The molecular formula is C21H22Cl2N2O3S. The first-order valence-electron chi connectivity index (χ1n) is 8.89. The van der Waals surface area contributed by atoms with Crippen molar-refractivity contribution < 1.29 is 14.3 Å². The van der Waals surface area contributed by atoms with E-state index in [1.165, 1.54) is 0 Å². The fourth-order valence-electron chi connectivity index (χ4n) is 2.23. The molecule has 2 N–H and O–H groups in total. The van der Waals surface area contributed by atoms with Crippen molar-refractivity contribution in [3.05, 3.63) is 64.7 Å². The molecule has 0 heterocycles. The Hall–Kier alpha value is -2.28. The summed E-state index contributed by atoms with van der Waals surface area (Å²) in [5, 5.41) is 6.80. The van der Waals surface area contributed by atoms with Crippen LogP contribution in [0.25, 0.3) is 0 Å². The van der Waals surface area contributed by atoms with Crippen LogP contribution in [-0.4, -0.2) is 24.2 Å². The number of ether oxygens (including phenoxy) is 2. The molecule has 0 radical (unpaired) electrons. The number of nitrogens with one attached hydrogen (secondary N) is 2. The Bertz CT molecular complexity index is 890. The quantitative estimate of drug-likeness (QED) is 0.293. The number of thiocarbonyl (C=S) groups is 1. The predicted molar refractivity (Wildman–Crippen MR) is 122 cm³/mol. The van der Waals surface area contributed by atoms with Crippen LogP contribution in [0.4, 0.5) is 5.69 Å². The lowest BCUT2D eigenvalue weighted by Gasteiger charge is -2.12. The summed E-state index contributed by atoms with van der Waals surface area (Å²) >= 11 is 17.1. The van der Waals surface area contributed by atoms with Gasteiger partial charge in [-0.15, -0.1) is 0 Å². The van der Waals surface area contributed by atoms with Gasteiger partial charge in [0.05, 0.1) is 11.6 Å². The highest BCUT2D eigenvalue weighted by Gasteiger charge is 2.07. The summed E-state index contributed by atoms with van der Waals surface area (Å²) < 4.78 is 11.1. The Labute approximate surface area is 186 Å². The van der Waals surface area contributed by atoms with E-state index in [9.17, 15) is 4.79 Å². The van der Waals surface area contributed by atoms with E-state index in [0.29, 0.717) is 41.2 Å². The van der Waals surface area contributed by atoms with Crippen LogP contribution in [0.2, 0.25) is 10.0 Å². The van der Waals surface area contributed by atoms with E-state index in [4.69, 9.17) is 44.9 Å². The molecule has 2 rings (SSSR count). The maximum Gasteiger partial charge on any atom is 0.226 e. The van der Waals surface area contributed by atoms with Crippen molar-refractivity contribution in [1.29, 1.82) is 0 Å². The Morgan fingerprint density at radius 3 is 2.69 bits per heavy atom. The second-order valence-electron chi connectivity index (χ2n) is 6.30. The average Bonchev–Trinajstić information content (AvgIpc) is 2.65. The van der Waals surface area contributed by atoms with Gasteiger partial charge in [-0.1, -0.05) is 35.8 Å². The number of rotatable bonds is 9.